The fraction of sp³-hybridized carbons (Fsp3) is 0.231. The van der Waals surface area contributed by atoms with Crippen molar-refractivity contribution in [3.8, 4) is 0 Å². The first-order valence-electron chi connectivity index (χ1n) is 5.23. The van der Waals surface area contributed by atoms with Gasteiger partial charge in [-0.05, 0) is 17.5 Å². The van der Waals surface area contributed by atoms with Crippen molar-refractivity contribution in [1.29, 1.82) is 0 Å². The monoisotopic (exact) mass is 248 g/mol. The Bertz CT molecular complexity index is 524. The first kappa shape index (κ1) is 12.0. The molecular formula is C13H12O3S. The molecule has 0 aliphatic rings. The molecule has 0 aliphatic heterocycles. The van der Waals surface area contributed by atoms with E-state index in [-0.39, 0.29) is 24.6 Å². The Hall–Kier alpha value is -1.52. The van der Waals surface area contributed by atoms with Crippen LogP contribution in [0.2, 0.25) is 0 Å². The molecule has 17 heavy (non-hydrogen) atoms. The van der Waals surface area contributed by atoms with Crippen LogP contribution >= 0.6 is 11.3 Å². The van der Waals surface area contributed by atoms with Gasteiger partial charge in [0.05, 0.1) is 11.3 Å². The van der Waals surface area contributed by atoms with Crippen LogP contribution in [0.4, 0.5) is 0 Å². The highest BCUT2D eigenvalue weighted by atomic mass is 32.1. The number of fused-ring (bicyclic) bond motifs is 1. The van der Waals surface area contributed by atoms with Crippen LogP contribution in [0.3, 0.4) is 0 Å². The smallest absolute Gasteiger partial charge is 0.180 e. The van der Waals surface area contributed by atoms with Gasteiger partial charge in [-0.2, -0.15) is 0 Å². The summed E-state index contributed by atoms with van der Waals surface area (Å²) in [6, 6.07) is 9.62. The lowest BCUT2D eigenvalue weighted by Crippen LogP contribution is -2.11. The van der Waals surface area contributed by atoms with Gasteiger partial charge < -0.3 is 4.74 Å². The number of carbonyl (C=O) groups excluding carboxylic acids is 2. The Kier molecular flexibility index (Phi) is 3.66. The molecule has 0 unspecified atom stereocenters. The van der Waals surface area contributed by atoms with Crippen LogP contribution in [-0.4, -0.2) is 25.3 Å². The number of hydrogen-bond donors (Lipinski definition) is 0. The second kappa shape index (κ2) is 5.21. The van der Waals surface area contributed by atoms with Crippen LogP contribution in [0.25, 0.3) is 10.1 Å². The Balaban J connectivity index is 2.16. The molecule has 1 aromatic carbocycles. The molecule has 0 fully saturated rings. The molecule has 0 spiro atoms. The highest BCUT2D eigenvalue weighted by Crippen LogP contribution is 2.26. The average Bonchev–Trinajstić information content (AvgIpc) is 2.72. The van der Waals surface area contributed by atoms with Gasteiger partial charge in [-0.1, -0.05) is 18.2 Å². The van der Waals surface area contributed by atoms with Crippen LogP contribution < -0.4 is 0 Å². The van der Waals surface area contributed by atoms with Crippen LogP contribution in [0.15, 0.2) is 30.3 Å². The lowest BCUT2D eigenvalue weighted by Gasteiger charge is -1.96. The van der Waals surface area contributed by atoms with Gasteiger partial charge in [-0.25, -0.2) is 0 Å². The van der Waals surface area contributed by atoms with E-state index in [9.17, 15) is 9.59 Å². The van der Waals surface area contributed by atoms with Gasteiger partial charge >= 0.3 is 0 Å². The summed E-state index contributed by atoms with van der Waals surface area (Å²) < 4.78 is 5.77. The number of Topliss-reactive ketones (excluding diaryl/α,β-unsaturated/α-hetero) is 2. The van der Waals surface area contributed by atoms with Gasteiger partial charge in [-0.15, -0.1) is 11.3 Å². The second-order valence-corrected chi connectivity index (χ2v) is 4.80. The molecule has 0 aliphatic carbocycles. The third-order valence-electron chi connectivity index (χ3n) is 2.36. The zero-order valence-corrected chi connectivity index (χ0v) is 10.3. The van der Waals surface area contributed by atoms with Gasteiger partial charge in [0.15, 0.2) is 11.6 Å². The number of methoxy groups -OCH3 is 1. The molecule has 2 rings (SSSR count). The number of ketones is 2. The van der Waals surface area contributed by atoms with Crippen LogP contribution in [0, 0.1) is 0 Å². The molecule has 4 heteroatoms. The molecule has 1 aromatic heterocycles. The first-order valence-corrected chi connectivity index (χ1v) is 6.05. The fourth-order valence-corrected chi connectivity index (χ4v) is 2.60. The van der Waals surface area contributed by atoms with Crippen LogP contribution in [-0.2, 0) is 9.53 Å². The van der Waals surface area contributed by atoms with Gasteiger partial charge in [-0.3, -0.25) is 9.59 Å². The number of benzene rings is 1. The zero-order valence-electron chi connectivity index (χ0n) is 9.43. The van der Waals surface area contributed by atoms with E-state index < -0.39 is 0 Å². The van der Waals surface area contributed by atoms with E-state index in [1.165, 1.54) is 18.4 Å². The highest BCUT2D eigenvalue weighted by molar-refractivity contribution is 7.20. The molecule has 1 heterocycles. The van der Waals surface area contributed by atoms with Gasteiger partial charge in [0.1, 0.15) is 6.61 Å². The van der Waals surface area contributed by atoms with Crippen molar-refractivity contribution in [1.82, 2.24) is 0 Å². The summed E-state index contributed by atoms with van der Waals surface area (Å²) in [6.45, 7) is -0.00334. The summed E-state index contributed by atoms with van der Waals surface area (Å²) in [5.41, 5.74) is 0. The minimum Gasteiger partial charge on any atom is -0.377 e. The Labute approximate surface area is 103 Å². The van der Waals surface area contributed by atoms with E-state index >= 15 is 0 Å². The third kappa shape index (κ3) is 2.78. The van der Waals surface area contributed by atoms with E-state index in [0.29, 0.717) is 4.88 Å². The highest BCUT2D eigenvalue weighted by Gasteiger charge is 2.14. The van der Waals surface area contributed by atoms with Crippen molar-refractivity contribution in [3.63, 3.8) is 0 Å². The molecule has 3 nitrogen and oxygen atoms in total. The third-order valence-corrected chi connectivity index (χ3v) is 3.52. The summed E-state index contributed by atoms with van der Waals surface area (Å²) >= 11 is 1.42. The standard InChI is InChI=1S/C13H12O3S/c1-16-8-10(14)7-11(15)13-6-9-4-2-3-5-12(9)17-13/h2-6H,7-8H2,1H3. The van der Waals surface area contributed by atoms with Crippen molar-refractivity contribution in [2.24, 2.45) is 0 Å². The van der Waals surface area contributed by atoms with Gasteiger partial charge in [0.2, 0.25) is 0 Å². The quantitative estimate of drug-likeness (QED) is 0.603. The predicted octanol–water partition coefficient (Wildman–Crippen LogP) is 2.69. The molecule has 2 aromatic rings. The van der Waals surface area contributed by atoms with Crippen molar-refractivity contribution in [3.05, 3.63) is 35.2 Å². The minimum absolute atomic E-state index is 0.00334. The maximum absolute atomic E-state index is 11.8. The first-order chi connectivity index (χ1) is 8.20. The summed E-state index contributed by atoms with van der Waals surface area (Å²) in [6.07, 6.45) is -0.0827. The van der Waals surface area contributed by atoms with E-state index in [1.54, 1.807) is 0 Å². The summed E-state index contributed by atoms with van der Waals surface area (Å²) in [5, 5.41) is 1.04. The second-order valence-electron chi connectivity index (χ2n) is 3.72. The van der Waals surface area contributed by atoms with Crippen LogP contribution in [0.1, 0.15) is 16.1 Å². The molecule has 0 amide bonds. The molecule has 88 valence electrons. The van der Waals surface area contributed by atoms with E-state index in [2.05, 4.69) is 0 Å². The minimum atomic E-state index is -0.185. The van der Waals surface area contributed by atoms with Crippen molar-refractivity contribution in [2.75, 3.05) is 13.7 Å². The zero-order chi connectivity index (χ0) is 12.3. The van der Waals surface area contributed by atoms with E-state index in [0.717, 1.165) is 10.1 Å². The normalized spacial score (nSPS) is 10.6. The SMILES string of the molecule is COCC(=O)CC(=O)c1cc2ccccc2s1. The number of thiophene rings is 1. The topological polar surface area (TPSA) is 43.4 Å². The van der Waals surface area contributed by atoms with Crippen molar-refractivity contribution < 1.29 is 14.3 Å². The number of ether oxygens (including phenoxy) is 1. The molecule has 0 N–H and O–H groups in total. The molecule has 0 saturated heterocycles. The predicted molar refractivity (Wildman–Crippen MR) is 67.7 cm³/mol. The van der Waals surface area contributed by atoms with Crippen LogP contribution in [0.5, 0.6) is 0 Å². The molecule has 0 saturated carbocycles. The maximum Gasteiger partial charge on any atom is 0.180 e. The average molecular weight is 248 g/mol. The number of rotatable bonds is 5. The summed E-state index contributed by atoms with van der Waals surface area (Å²) in [4.78, 5) is 23.8. The molecule has 0 radical (unpaired) electrons. The number of carbonyl (C=O) groups is 2. The molecule has 0 atom stereocenters. The fourth-order valence-electron chi connectivity index (χ4n) is 1.60. The Morgan fingerprint density at radius 3 is 2.76 bits per heavy atom. The maximum atomic E-state index is 11.8. The van der Waals surface area contributed by atoms with Gasteiger partial charge in [0.25, 0.3) is 0 Å². The Morgan fingerprint density at radius 2 is 2.06 bits per heavy atom. The lowest BCUT2D eigenvalue weighted by atomic mass is 10.1. The Morgan fingerprint density at radius 1 is 1.29 bits per heavy atom. The van der Waals surface area contributed by atoms with Crippen molar-refractivity contribution >= 4 is 33.0 Å². The summed E-state index contributed by atoms with van der Waals surface area (Å²) in [5.74, 6) is -0.316. The molecule has 0 bridgehead atoms. The molecular weight excluding hydrogens is 236 g/mol. The van der Waals surface area contributed by atoms with E-state index in [4.69, 9.17) is 4.74 Å². The van der Waals surface area contributed by atoms with Gasteiger partial charge in [0, 0.05) is 11.8 Å². The van der Waals surface area contributed by atoms with Crippen molar-refractivity contribution in [2.45, 2.75) is 6.42 Å². The van der Waals surface area contributed by atoms with E-state index in [1.807, 2.05) is 30.3 Å². The number of hydrogen-bond acceptors (Lipinski definition) is 4. The summed E-state index contributed by atoms with van der Waals surface area (Å²) in [7, 11) is 1.45. The lowest BCUT2D eigenvalue weighted by molar-refractivity contribution is -0.121. The largest absolute Gasteiger partial charge is 0.377 e.